The number of amides is 1. The third-order valence-electron chi connectivity index (χ3n) is 4.23. The van der Waals surface area contributed by atoms with Crippen molar-refractivity contribution in [2.45, 2.75) is 18.6 Å². The zero-order valence-electron chi connectivity index (χ0n) is 16.2. The van der Waals surface area contributed by atoms with Gasteiger partial charge in [0.15, 0.2) is 11.0 Å². The summed E-state index contributed by atoms with van der Waals surface area (Å²) in [7, 11) is 0. The Kier molecular flexibility index (Phi) is 6.33. The van der Waals surface area contributed by atoms with Crippen molar-refractivity contribution in [1.82, 2.24) is 25.0 Å². The van der Waals surface area contributed by atoms with Gasteiger partial charge in [-0.05, 0) is 55.5 Å². The zero-order valence-corrected chi connectivity index (χ0v) is 17.9. The van der Waals surface area contributed by atoms with Crippen LogP contribution in [0.15, 0.2) is 53.7 Å². The van der Waals surface area contributed by atoms with E-state index in [1.54, 1.807) is 24.3 Å². The number of anilines is 1. The van der Waals surface area contributed by atoms with Gasteiger partial charge >= 0.3 is 0 Å². The van der Waals surface area contributed by atoms with E-state index >= 15 is 0 Å². The molecule has 4 aromatic rings. The van der Waals surface area contributed by atoms with E-state index in [2.05, 4.69) is 25.7 Å². The third kappa shape index (κ3) is 4.94. The molecule has 2 heterocycles. The number of aromatic nitrogens is 5. The van der Waals surface area contributed by atoms with Gasteiger partial charge in [0.25, 0.3) is 0 Å². The molecule has 0 saturated heterocycles. The predicted octanol–water partition coefficient (Wildman–Crippen LogP) is 4.49. The first-order valence-corrected chi connectivity index (χ1v) is 11.0. The Labute approximate surface area is 184 Å². The first-order valence-electron chi connectivity index (χ1n) is 9.24. The van der Waals surface area contributed by atoms with Crippen molar-refractivity contribution in [3.8, 4) is 22.0 Å². The maximum Gasteiger partial charge on any atom is 0.236 e. The second-order valence-electron chi connectivity index (χ2n) is 6.31. The van der Waals surface area contributed by atoms with Crippen LogP contribution in [0, 0.1) is 11.6 Å². The van der Waals surface area contributed by atoms with E-state index in [4.69, 9.17) is 0 Å². The summed E-state index contributed by atoms with van der Waals surface area (Å²) in [4.78, 5) is 12.3. The molecule has 1 N–H and O–H groups in total. The van der Waals surface area contributed by atoms with Crippen molar-refractivity contribution in [2.24, 2.45) is 0 Å². The summed E-state index contributed by atoms with van der Waals surface area (Å²) in [5, 5.41) is 20.6. The second kappa shape index (κ2) is 9.31. The number of halogens is 2. The van der Waals surface area contributed by atoms with Crippen molar-refractivity contribution < 1.29 is 13.6 Å². The highest BCUT2D eigenvalue weighted by atomic mass is 32.2. The fourth-order valence-corrected chi connectivity index (χ4v) is 4.33. The molecule has 2 aromatic heterocycles. The van der Waals surface area contributed by atoms with Gasteiger partial charge in [-0.1, -0.05) is 23.1 Å². The average Bonchev–Trinajstić information content (AvgIpc) is 3.40. The Morgan fingerprint density at radius 2 is 1.61 bits per heavy atom. The van der Waals surface area contributed by atoms with Crippen LogP contribution in [0.4, 0.5) is 13.9 Å². The van der Waals surface area contributed by atoms with E-state index in [0.29, 0.717) is 27.7 Å². The van der Waals surface area contributed by atoms with Gasteiger partial charge in [0, 0.05) is 17.7 Å². The monoisotopic (exact) mass is 458 g/mol. The SMILES string of the molecule is CCn1c(SCC(=O)Nc2nnc(-c3ccc(F)cc3)s2)nnc1-c1ccc(F)cc1. The Bertz CT molecular complexity index is 1190. The molecule has 1 amide bonds. The van der Waals surface area contributed by atoms with Crippen LogP contribution in [0.25, 0.3) is 22.0 Å². The fourth-order valence-electron chi connectivity index (χ4n) is 2.76. The van der Waals surface area contributed by atoms with Gasteiger partial charge < -0.3 is 4.57 Å². The van der Waals surface area contributed by atoms with Gasteiger partial charge in [0.05, 0.1) is 5.75 Å². The van der Waals surface area contributed by atoms with Gasteiger partial charge in [-0.25, -0.2) is 8.78 Å². The lowest BCUT2D eigenvalue weighted by Gasteiger charge is -2.07. The van der Waals surface area contributed by atoms with Gasteiger partial charge in [0.1, 0.15) is 16.6 Å². The largest absolute Gasteiger partial charge is 0.302 e. The minimum atomic E-state index is -0.332. The van der Waals surface area contributed by atoms with Gasteiger partial charge in [-0.3, -0.25) is 10.1 Å². The number of carbonyl (C=O) groups is 1. The van der Waals surface area contributed by atoms with E-state index in [-0.39, 0.29) is 23.3 Å². The number of hydrogen-bond acceptors (Lipinski definition) is 7. The number of benzene rings is 2. The lowest BCUT2D eigenvalue weighted by molar-refractivity contribution is -0.113. The van der Waals surface area contributed by atoms with Crippen LogP contribution in [0.2, 0.25) is 0 Å². The first kappa shape index (κ1) is 21.1. The van der Waals surface area contributed by atoms with Crippen molar-refractivity contribution in [3.63, 3.8) is 0 Å². The third-order valence-corrected chi connectivity index (χ3v) is 6.08. The van der Waals surface area contributed by atoms with E-state index in [1.165, 1.54) is 47.4 Å². The van der Waals surface area contributed by atoms with Crippen molar-refractivity contribution in [3.05, 3.63) is 60.2 Å². The molecule has 31 heavy (non-hydrogen) atoms. The molecule has 11 heteroatoms. The summed E-state index contributed by atoms with van der Waals surface area (Å²) >= 11 is 2.44. The Balaban J connectivity index is 1.39. The lowest BCUT2D eigenvalue weighted by Crippen LogP contribution is -2.14. The molecule has 0 bridgehead atoms. The number of carbonyl (C=O) groups excluding carboxylic acids is 1. The van der Waals surface area contributed by atoms with Crippen molar-refractivity contribution in [1.29, 1.82) is 0 Å². The normalized spacial score (nSPS) is 10.9. The number of rotatable bonds is 7. The van der Waals surface area contributed by atoms with Crippen LogP contribution in [-0.4, -0.2) is 36.6 Å². The summed E-state index contributed by atoms with van der Waals surface area (Å²) in [6.45, 7) is 2.54. The summed E-state index contributed by atoms with van der Waals surface area (Å²) in [5.41, 5.74) is 1.47. The fraction of sp³-hybridized carbons (Fsp3) is 0.150. The topological polar surface area (TPSA) is 85.6 Å². The lowest BCUT2D eigenvalue weighted by atomic mass is 10.2. The smallest absolute Gasteiger partial charge is 0.236 e. The molecular formula is C20H16F2N6OS2. The van der Waals surface area contributed by atoms with E-state index in [9.17, 15) is 13.6 Å². The Hall–Kier alpha value is -3.18. The maximum atomic E-state index is 13.2. The van der Waals surface area contributed by atoms with Crippen LogP contribution in [0.5, 0.6) is 0 Å². The minimum Gasteiger partial charge on any atom is -0.302 e. The minimum absolute atomic E-state index is 0.104. The summed E-state index contributed by atoms with van der Waals surface area (Å²) in [6, 6.07) is 11.9. The average molecular weight is 459 g/mol. The molecule has 4 rings (SSSR count). The van der Waals surface area contributed by atoms with E-state index in [0.717, 1.165) is 11.1 Å². The number of nitrogens with one attached hydrogen (secondary N) is 1. The molecule has 7 nitrogen and oxygen atoms in total. The summed E-state index contributed by atoms with van der Waals surface area (Å²) < 4.78 is 28.1. The quantitative estimate of drug-likeness (QED) is 0.411. The van der Waals surface area contributed by atoms with E-state index in [1.807, 2.05) is 11.5 Å². The molecule has 2 aromatic carbocycles. The van der Waals surface area contributed by atoms with Crippen molar-refractivity contribution in [2.75, 3.05) is 11.1 Å². The molecule has 0 spiro atoms. The second-order valence-corrected chi connectivity index (χ2v) is 8.23. The molecule has 158 valence electrons. The molecule has 0 saturated carbocycles. The first-order chi connectivity index (χ1) is 15.0. The number of thioether (sulfide) groups is 1. The molecule has 0 radical (unpaired) electrons. The molecular weight excluding hydrogens is 442 g/mol. The van der Waals surface area contributed by atoms with E-state index < -0.39 is 0 Å². The Morgan fingerprint density at radius 3 is 2.26 bits per heavy atom. The molecule has 0 atom stereocenters. The summed E-state index contributed by atoms with van der Waals surface area (Å²) in [6.07, 6.45) is 0. The van der Waals surface area contributed by atoms with Crippen LogP contribution in [0.3, 0.4) is 0 Å². The van der Waals surface area contributed by atoms with Gasteiger partial charge in [0.2, 0.25) is 11.0 Å². The maximum absolute atomic E-state index is 13.2. The predicted molar refractivity (Wildman–Crippen MR) is 116 cm³/mol. The highest BCUT2D eigenvalue weighted by Crippen LogP contribution is 2.27. The summed E-state index contributed by atoms with van der Waals surface area (Å²) in [5.74, 6) is -0.204. The standard InChI is InChI=1S/C20H16F2N6OS2/c1-2-28-17(12-3-7-14(21)8-4-12)24-27-20(28)30-11-16(29)23-19-26-25-18(31-19)13-5-9-15(22)10-6-13/h3-10H,2,11H2,1H3,(H,23,26,29). The van der Waals surface area contributed by atoms with Crippen molar-refractivity contribution >= 4 is 34.1 Å². The van der Waals surface area contributed by atoms with Crippen LogP contribution < -0.4 is 5.32 Å². The molecule has 0 unspecified atom stereocenters. The zero-order chi connectivity index (χ0) is 21.8. The van der Waals surface area contributed by atoms with Gasteiger partial charge in [-0.2, -0.15) is 0 Å². The molecule has 0 aliphatic carbocycles. The highest BCUT2D eigenvalue weighted by molar-refractivity contribution is 7.99. The van der Waals surface area contributed by atoms with Crippen LogP contribution >= 0.6 is 23.1 Å². The number of hydrogen-bond donors (Lipinski definition) is 1. The molecule has 0 aliphatic rings. The Morgan fingerprint density at radius 1 is 0.968 bits per heavy atom. The highest BCUT2D eigenvalue weighted by Gasteiger charge is 2.16. The van der Waals surface area contributed by atoms with Gasteiger partial charge in [-0.15, -0.1) is 20.4 Å². The van der Waals surface area contributed by atoms with Crippen LogP contribution in [-0.2, 0) is 11.3 Å². The molecule has 0 aliphatic heterocycles. The van der Waals surface area contributed by atoms with Crippen LogP contribution in [0.1, 0.15) is 6.92 Å². The molecule has 0 fully saturated rings. The number of nitrogens with zero attached hydrogens (tertiary/aromatic N) is 5.